The zero-order valence-electron chi connectivity index (χ0n) is 18.6. The summed E-state index contributed by atoms with van der Waals surface area (Å²) in [6, 6.07) is 26.4. The minimum Gasteiger partial charge on any atom is -0.305 e. The molecule has 1 N–H and O–H groups in total. The largest absolute Gasteiger partial charge is 0.305 e. The molecule has 0 radical (unpaired) electrons. The van der Waals surface area contributed by atoms with E-state index in [9.17, 15) is 17.6 Å². The van der Waals surface area contributed by atoms with E-state index in [4.69, 9.17) is 4.98 Å². The Kier molecular flexibility index (Phi) is 6.15. The molecule has 6 nitrogen and oxygen atoms in total. The third kappa shape index (κ3) is 4.84. The van der Waals surface area contributed by atoms with Crippen molar-refractivity contribution in [1.82, 2.24) is 9.71 Å². The van der Waals surface area contributed by atoms with Gasteiger partial charge < -0.3 is 4.90 Å². The average Bonchev–Trinajstić information content (AvgIpc) is 2.87. The van der Waals surface area contributed by atoms with Crippen molar-refractivity contribution >= 4 is 21.6 Å². The number of fused-ring (bicyclic) bond motifs is 1. The SMILES string of the molecule is O=C1[C@H](NS(=O)(=O)c2cccc(F)c2)Cc2nc(-c3ccccc3)ccc2N1Cc1ccccc1. The van der Waals surface area contributed by atoms with Crippen molar-refractivity contribution in [3.05, 3.63) is 114 Å². The van der Waals surface area contributed by atoms with Crippen molar-refractivity contribution in [1.29, 1.82) is 0 Å². The molecule has 1 aromatic heterocycles. The highest BCUT2D eigenvalue weighted by Crippen LogP contribution is 2.31. The lowest BCUT2D eigenvalue weighted by Gasteiger charge is -2.34. The summed E-state index contributed by atoms with van der Waals surface area (Å²) in [7, 11) is -4.14. The highest BCUT2D eigenvalue weighted by atomic mass is 32.2. The van der Waals surface area contributed by atoms with Crippen LogP contribution in [-0.4, -0.2) is 25.4 Å². The predicted molar refractivity (Wildman–Crippen MR) is 132 cm³/mol. The summed E-state index contributed by atoms with van der Waals surface area (Å²) in [6.07, 6.45) is 0.0781. The van der Waals surface area contributed by atoms with Gasteiger partial charge in [-0.05, 0) is 35.9 Å². The molecule has 1 atom stereocenters. The van der Waals surface area contributed by atoms with Gasteiger partial charge in [-0.1, -0.05) is 66.7 Å². The molecule has 1 aliphatic heterocycles. The molecule has 3 aromatic carbocycles. The van der Waals surface area contributed by atoms with Gasteiger partial charge in [-0.15, -0.1) is 0 Å². The number of carbonyl (C=O) groups is 1. The van der Waals surface area contributed by atoms with Crippen LogP contribution >= 0.6 is 0 Å². The van der Waals surface area contributed by atoms with Crippen molar-refractivity contribution < 1.29 is 17.6 Å². The van der Waals surface area contributed by atoms with Crippen molar-refractivity contribution in [2.24, 2.45) is 0 Å². The van der Waals surface area contributed by atoms with Gasteiger partial charge in [-0.3, -0.25) is 9.78 Å². The van der Waals surface area contributed by atoms with E-state index >= 15 is 0 Å². The minimum atomic E-state index is -4.14. The van der Waals surface area contributed by atoms with E-state index in [0.717, 1.165) is 29.0 Å². The van der Waals surface area contributed by atoms with Crippen LogP contribution in [0.3, 0.4) is 0 Å². The van der Waals surface area contributed by atoms with Gasteiger partial charge in [0.15, 0.2) is 0 Å². The molecule has 8 heteroatoms. The number of nitrogens with zero attached hydrogens (tertiary/aromatic N) is 2. The maximum absolute atomic E-state index is 13.7. The van der Waals surface area contributed by atoms with Gasteiger partial charge in [0.05, 0.1) is 28.5 Å². The lowest BCUT2D eigenvalue weighted by molar-refractivity contribution is -0.120. The molecule has 4 aromatic rings. The smallest absolute Gasteiger partial charge is 0.245 e. The fourth-order valence-corrected chi connectivity index (χ4v) is 5.38. The highest BCUT2D eigenvalue weighted by molar-refractivity contribution is 7.89. The van der Waals surface area contributed by atoms with Gasteiger partial charge in [-0.2, -0.15) is 4.72 Å². The van der Waals surface area contributed by atoms with Crippen LogP contribution in [0.4, 0.5) is 10.1 Å². The molecule has 0 spiro atoms. The van der Waals surface area contributed by atoms with Crippen molar-refractivity contribution in [2.45, 2.75) is 23.9 Å². The predicted octanol–water partition coefficient (Wildman–Crippen LogP) is 4.32. The molecule has 0 aliphatic carbocycles. The van der Waals surface area contributed by atoms with Crippen molar-refractivity contribution in [2.75, 3.05) is 4.90 Å². The van der Waals surface area contributed by atoms with Crippen LogP contribution in [0.5, 0.6) is 0 Å². The molecule has 0 bridgehead atoms. The van der Waals surface area contributed by atoms with Crippen LogP contribution in [-0.2, 0) is 27.8 Å². The number of halogens is 1. The fraction of sp³-hybridized carbons (Fsp3) is 0.111. The Morgan fingerprint density at radius 2 is 1.63 bits per heavy atom. The number of rotatable bonds is 6. The third-order valence-electron chi connectivity index (χ3n) is 5.86. The highest BCUT2D eigenvalue weighted by Gasteiger charge is 2.36. The Morgan fingerprint density at radius 3 is 2.34 bits per heavy atom. The summed E-state index contributed by atoms with van der Waals surface area (Å²) >= 11 is 0. The maximum atomic E-state index is 13.7. The second-order valence-corrected chi connectivity index (χ2v) is 9.99. The van der Waals surface area contributed by atoms with E-state index in [1.165, 1.54) is 12.1 Å². The average molecular weight is 488 g/mol. The summed E-state index contributed by atoms with van der Waals surface area (Å²) in [5, 5.41) is 0. The first-order valence-electron chi connectivity index (χ1n) is 11.1. The molecule has 0 saturated carbocycles. The van der Waals surface area contributed by atoms with Crippen molar-refractivity contribution in [3.63, 3.8) is 0 Å². The van der Waals surface area contributed by atoms with Gasteiger partial charge >= 0.3 is 0 Å². The zero-order valence-corrected chi connectivity index (χ0v) is 19.5. The fourth-order valence-electron chi connectivity index (χ4n) is 4.16. The molecule has 0 fully saturated rings. The summed E-state index contributed by atoms with van der Waals surface area (Å²) in [6.45, 7) is 0.261. The Labute approximate surface area is 203 Å². The number of aromatic nitrogens is 1. The lowest BCUT2D eigenvalue weighted by Crippen LogP contribution is -2.52. The molecular formula is C27H22FN3O3S. The number of benzene rings is 3. The number of pyridine rings is 1. The first-order valence-corrected chi connectivity index (χ1v) is 12.6. The molecule has 2 heterocycles. The van der Waals surface area contributed by atoms with E-state index in [2.05, 4.69) is 4.72 Å². The monoisotopic (exact) mass is 487 g/mol. The molecule has 1 aliphatic rings. The number of hydrogen-bond acceptors (Lipinski definition) is 4. The van der Waals surface area contributed by atoms with Gasteiger partial charge in [0, 0.05) is 12.0 Å². The third-order valence-corrected chi connectivity index (χ3v) is 7.33. The Hall–Kier alpha value is -3.88. The number of hydrogen-bond donors (Lipinski definition) is 1. The summed E-state index contributed by atoms with van der Waals surface area (Å²) < 4.78 is 42.2. The number of sulfonamides is 1. The molecule has 0 saturated heterocycles. The Balaban J connectivity index is 1.53. The number of nitrogens with one attached hydrogen (secondary N) is 1. The van der Waals surface area contributed by atoms with E-state index in [-0.39, 0.29) is 17.9 Å². The van der Waals surface area contributed by atoms with E-state index < -0.39 is 27.8 Å². The summed E-state index contributed by atoms with van der Waals surface area (Å²) in [5.74, 6) is -1.07. The van der Waals surface area contributed by atoms with Crippen LogP contribution in [0.25, 0.3) is 11.3 Å². The Bertz CT molecular complexity index is 1480. The molecule has 176 valence electrons. The Morgan fingerprint density at radius 1 is 0.914 bits per heavy atom. The van der Waals surface area contributed by atoms with Gasteiger partial charge in [0.2, 0.25) is 15.9 Å². The standard InChI is InChI=1S/C27H22FN3O3S/c28-21-12-7-13-22(16-21)35(33,34)30-25-17-24-26(15-14-23(29-24)20-10-5-2-6-11-20)31(27(25)32)18-19-8-3-1-4-9-19/h1-16,25,30H,17-18H2/t25-/m1/s1. The summed E-state index contributed by atoms with van der Waals surface area (Å²) in [5.41, 5.74) is 3.78. The number of carbonyl (C=O) groups excluding carboxylic acids is 1. The molecule has 35 heavy (non-hydrogen) atoms. The summed E-state index contributed by atoms with van der Waals surface area (Å²) in [4.78, 5) is 19.6. The maximum Gasteiger partial charge on any atom is 0.245 e. The van der Waals surface area contributed by atoms with Crippen LogP contribution in [0.1, 0.15) is 11.3 Å². The van der Waals surface area contributed by atoms with Crippen LogP contribution in [0, 0.1) is 5.82 Å². The first-order chi connectivity index (χ1) is 16.9. The van der Waals surface area contributed by atoms with Crippen LogP contribution in [0.15, 0.2) is 102 Å². The molecule has 0 unspecified atom stereocenters. The second-order valence-electron chi connectivity index (χ2n) is 8.27. The van der Waals surface area contributed by atoms with E-state index in [1.54, 1.807) is 4.90 Å². The first kappa shape index (κ1) is 22.9. The normalized spacial score (nSPS) is 15.6. The molecular weight excluding hydrogens is 465 g/mol. The minimum absolute atomic E-state index is 0.0781. The topological polar surface area (TPSA) is 79.4 Å². The van der Waals surface area contributed by atoms with E-state index in [0.29, 0.717) is 11.4 Å². The molecule has 1 amide bonds. The number of anilines is 1. The zero-order chi connectivity index (χ0) is 24.4. The van der Waals surface area contributed by atoms with Gasteiger partial charge in [0.25, 0.3) is 0 Å². The van der Waals surface area contributed by atoms with Crippen LogP contribution < -0.4 is 9.62 Å². The van der Waals surface area contributed by atoms with Gasteiger partial charge in [-0.25, -0.2) is 12.8 Å². The number of amides is 1. The lowest BCUT2D eigenvalue weighted by atomic mass is 10.00. The van der Waals surface area contributed by atoms with E-state index in [1.807, 2.05) is 72.8 Å². The quantitative estimate of drug-likeness (QED) is 0.439. The second kappa shape index (κ2) is 9.40. The molecule has 5 rings (SSSR count). The van der Waals surface area contributed by atoms with Gasteiger partial charge in [0.1, 0.15) is 11.9 Å². The van der Waals surface area contributed by atoms with Crippen molar-refractivity contribution in [3.8, 4) is 11.3 Å². The van der Waals surface area contributed by atoms with Crippen LogP contribution in [0.2, 0.25) is 0 Å².